The Labute approximate surface area is 160 Å². The molecule has 0 spiro atoms. The summed E-state index contributed by atoms with van der Waals surface area (Å²) in [5, 5.41) is 2.41. The highest BCUT2D eigenvalue weighted by molar-refractivity contribution is 7.92. The van der Waals surface area contributed by atoms with Gasteiger partial charge in [0.15, 0.2) is 6.10 Å². The predicted molar refractivity (Wildman–Crippen MR) is 99.8 cm³/mol. The molecule has 7 nitrogen and oxygen atoms in total. The number of hydrogen-bond acceptors (Lipinski definition) is 5. The van der Waals surface area contributed by atoms with Gasteiger partial charge in [-0.05, 0) is 37.3 Å². The average molecular weight is 415 g/mol. The van der Waals surface area contributed by atoms with Crippen LogP contribution in [0.15, 0.2) is 42.5 Å². The minimum atomic E-state index is -3.61. The van der Waals surface area contributed by atoms with Gasteiger partial charge in [-0.2, -0.15) is 0 Å². The molecule has 10 heteroatoms. The Morgan fingerprint density at radius 2 is 1.81 bits per heavy atom. The van der Waals surface area contributed by atoms with Crippen molar-refractivity contribution in [2.24, 2.45) is 0 Å². The SMILES string of the molecule is CC(OC(=O)c1ccccc1NS(C)(=O)=O)C(=O)Nc1ccc(F)cc1Cl. The Bertz CT molecular complexity index is 981. The quantitative estimate of drug-likeness (QED) is 0.707. The molecule has 2 aromatic carbocycles. The van der Waals surface area contributed by atoms with Gasteiger partial charge in [-0.15, -0.1) is 0 Å². The molecule has 1 amide bonds. The number of nitrogens with one attached hydrogen (secondary N) is 2. The van der Waals surface area contributed by atoms with E-state index in [0.717, 1.165) is 18.4 Å². The van der Waals surface area contributed by atoms with Gasteiger partial charge in [0, 0.05) is 0 Å². The Balaban J connectivity index is 2.10. The standard InChI is InChI=1S/C17H16ClFN2O5S/c1-10(16(22)20-15-8-7-11(19)9-13(15)18)26-17(23)12-5-3-4-6-14(12)21-27(2,24)25/h3-10,21H,1-2H3,(H,20,22). The molecule has 1 atom stereocenters. The van der Waals surface area contributed by atoms with Gasteiger partial charge in [0.2, 0.25) is 10.0 Å². The van der Waals surface area contributed by atoms with Crippen LogP contribution in [0.5, 0.6) is 0 Å². The molecule has 0 bridgehead atoms. The zero-order valence-electron chi connectivity index (χ0n) is 14.3. The van der Waals surface area contributed by atoms with E-state index < -0.39 is 33.8 Å². The Morgan fingerprint density at radius 1 is 1.15 bits per heavy atom. The maximum absolute atomic E-state index is 13.0. The molecule has 0 saturated carbocycles. The van der Waals surface area contributed by atoms with Crippen molar-refractivity contribution in [1.29, 1.82) is 0 Å². The number of hydrogen-bond donors (Lipinski definition) is 2. The van der Waals surface area contributed by atoms with E-state index in [2.05, 4.69) is 10.0 Å². The fraction of sp³-hybridized carbons (Fsp3) is 0.176. The molecular formula is C17H16ClFN2O5S. The molecule has 2 aromatic rings. The monoisotopic (exact) mass is 414 g/mol. The molecule has 144 valence electrons. The molecule has 0 heterocycles. The molecule has 1 unspecified atom stereocenters. The van der Waals surface area contributed by atoms with Crippen LogP contribution in [-0.4, -0.2) is 32.7 Å². The van der Waals surface area contributed by atoms with Crippen LogP contribution >= 0.6 is 11.6 Å². The van der Waals surface area contributed by atoms with E-state index in [-0.39, 0.29) is 22.0 Å². The molecule has 0 radical (unpaired) electrons. The topological polar surface area (TPSA) is 102 Å². The molecular weight excluding hydrogens is 399 g/mol. The van der Waals surface area contributed by atoms with Crippen LogP contribution in [0, 0.1) is 5.82 Å². The lowest BCUT2D eigenvalue weighted by molar-refractivity contribution is -0.123. The molecule has 0 aromatic heterocycles. The number of sulfonamides is 1. The lowest BCUT2D eigenvalue weighted by Gasteiger charge is -2.16. The molecule has 2 rings (SSSR count). The van der Waals surface area contributed by atoms with E-state index in [4.69, 9.17) is 16.3 Å². The zero-order chi connectivity index (χ0) is 20.2. The minimum Gasteiger partial charge on any atom is -0.449 e. The lowest BCUT2D eigenvalue weighted by Crippen LogP contribution is -2.30. The van der Waals surface area contributed by atoms with Crippen molar-refractivity contribution in [2.45, 2.75) is 13.0 Å². The van der Waals surface area contributed by atoms with Crippen molar-refractivity contribution < 1.29 is 27.1 Å². The molecule has 2 N–H and O–H groups in total. The summed E-state index contributed by atoms with van der Waals surface area (Å²) >= 11 is 5.83. The first kappa shape index (κ1) is 20.7. The zero-order valence-corrected chi connectivity index (χ0v) is 15.9. The van der Waals surface area contributed by atoms with Crippen molar-refractivity contribution in [3.63, 3.8) is 0 Å². The summed E-state index contributed by atoms with van der Waals surface area (Å²) in [6.45, 7) is 1.33. The second-order valence-electron chi connectivity index (χ2n) is 5.58. The van der Waals surface area contributed by atoms with Gasteiger partial charge >= 0.3 is 5.97 Å². The number of amides is 1. The number of carbonyl (C=O) groups is 2. The second kappa shape index (κ2) is 8.36. The van der Waals surface area contributed by atoms with Crippen LogP contribution in [0.3, 0.4) is 0 Å². The molecule has 0 aliphatic rings. The van der Waals surface area contributed by atoms with Crippen LogP contribution in [0.1, 0.15) is 17.3 Å². The van der Waals surface area contributed by atoms with E-state index >= 15 is 0 Å². The van der Waals surface area contributed by atoms with E-state index in [1.807, 2.05) is 0 Å². The summed E-state index contributed by atoms with van der Waals surface area (Å²) in [6, 6.07) is 9.23. The van der Waals surface area contributed by atoms with Gasteiger partial charge in [0.25, 0.3) is 5.91 Å². The highest BCUT2D eigenvalue weighted by Crippen LogP contribution is 2.23. The van der Waals surface area contributed by atoms with Crippen LogP contribution in [0.2, 0.25) is 5.02 Å². The summed E-state index contributed by atoms with van der Waals surface area (Å²) in [7, 11) is -3.61. The Kier molecular flexibility index (Phi) is 6.40. The number of benzene rings is 2. The average Bonchev–Trinajstić information content (AvgIpc) is 2.56. The number of anilines is 2. The number of ether oxygens (including phenoxy) is 1. The number of carbonyl (C=O) groups excluding carboxylic acids is 2. The van der Waals surface area contributed by atoms with E-state index in [1.54, 1.807) is 0 Å². The van der Waals surface area contributed by atoms with Crippen LogP contribution in [0.25, 0.3) is 0 Å². The number of rotatable bonds is 6. The van der Waals surface area contributed by atoms with Gasteiger partial charge in [-0.1, -0.05) is 23.7 Å². The third-order valence-corrected chi connectivity index (χ3v) is 4.19. The van der Waals surface area contributed by atoms with Crippen molar-refractivity contribution >= 4 is 44.9 Å². The molecule has 0 fully saturated rings. The van der Waals surface area contributed by atoms with E-state index in [1.165, 1.54) is 37.3 Å². The van der Waals surface area contributed by atoms with Gasteiger partial charge in [0.05, 0.1) is 28.2 Å². The minimum absolute atomic E-state index is 0.00965. The first-order chi connectivity index (χ1) is 12.6. The van der Waals surface area contributed by atoms with Crippen molar-refractivity contribution in [3.05, 3.63) is 58.9 Å². The number of halogens is 2. The number of esters is 1. The number of para-hydroxylation sites is 1. The Morgan fingerprint density at radius 3 is 2.44 bits per heavy atom. The summed E-state index contributed by atoms with van der Waals surface area (Å²) in [5.41, 5.74) is 0.131. The normalized spacial score (nSPS) is 12.1. The van der Waals surface area contributed by atoms with Gasteiger partial charge in [-0.3, -0.25) is 9.52 Å². The van der Waals surface area contributed by atoms with Crippen LogP contribution in [0.4, 0.5) is 15.8 Å². The molecule has 0 saturated heterocycles. The highest BCUT2D eigenvalue weighted by Gasteiger charge is 2.22. The van der Waals surface area contributed by atoms with Crippen molar-refractivity contribution in [3.8, 4) is 0 Å². The first-order valence-electron chi connectivity index (χ1n) is 7.60. The molecule has 0 aliphatic heterocycles. The largest absolute Gasteiger partial charge is 0.449 e. The van der Waals surface area contributed by atoms with Crippen LogP contribution < -0.4 is 10.0 Å². The molecule has 0 aliphatic carbocycles. The third-order valence-electron chi connectivity index (χ3n) is 3.28. The summed E-state index contributed by atoms with van der Waals surface area (Å²) in [5.74, 6) is -2.15. The predicted octanol–water partition coefficient (Wildman–Crippen LogP) is 3.03. The highest BCUT2D eigenvalue weighted by atomic mass is 35.5. The smallest absolute Gasteiger partial charge is 0.341 e. The fourth-order valence-electron chi connectivity index (χ4n) is 2.05. The van der Waals surface area contributed by atoms with Gasteiger partial charge in [-0.25, -0.2) is 17.6 Å². The lowest BCUT2D eigenvalue weighted by atomic mass is 10.2. The van der Waals surface area contributed by atoms with Crippen molar-refractivity contribution in [1.82, 2.24) is 0 Å². The van der Waals surface area contributed by atoms with E-state index in [0.29, 0.717) is 0 Å². The van der Waals surface area contributed by atoms with Gasteiger partial charge in [0.1, 0.15) is 5.82 Å². The maximum Gasteiger partial charge on any atom is 0.341 e. The first-order valence-corrected chi connectivity index (χ1v) is 9.87. The fourth-order valence-corrected chi connectivity index (χ4v) is 2.84. The van der Waals surface area contributed by atoms with Gasteiger partial charge < -0.3 is 10.1 Å². The maximum atomic E-state index is 13.0. The third kappa shape index (κ3) is 5.93. The summed E-state index contributed by atoms with van der Waals surface area (Å²) in [6.07, 6.45) is -0.276. The van der Waals surface area contributed by atoms with Crippen LogP contribution in [-0.2, 0) is 19.6 Å². The second-order valence-corrected chi connectivity index (χ2v) is 7.74. The summed E-state index contributed by atoms with van der Waals surface area (Å²) in [4.78, 5) is 24.5. The van der Waals surface area contributed by atoms with E-state index in [9.17, 15) is 22.4 Å². The Hall–Kier alpha value is -2.65. The summed E-state index contributed by atoms with van der Waals surface area (Å²) < 4.78 is 43.1. The molecule has 27 heavy (non-hydrogen) atoms. The van der Waals surface area contributed by atoms with Crippen molar-refractivity contribution in [2.75, 3.05) is 16.3 Å².